The Labute approximate surface area is 142 Å². The van der Waals surface area contributed by atoms with E-state index in [2.05, 4.69) is 10.3 Å². The second kappa shape index (κ2) is 6.55. The van der Waals surface area contributed by atoms with Gasteiger partial charge in [-0.05, 0) is 44.9 Å². The molecule has 0 unspecified atom stereocenters. The zero-order valence-electron chi connectivity index (χ0n) is 14.0. The van der Waals surface area contributed by atoms with Gasteiger partial charge in [-0.15, -0.1) is 0 Å². The van der Waals surface area contributed by atoms with E-state index in [9.17, 15) is 13.2 Å². The molecule has 0 aliphatic heterocycles. The molecule has 1 N–H and O–H groups in total. The Kier molecular flexibility index (Phi) is 4.62. The molecule has 1 aromatic heterocycles. The lowest BCUT2D eigenvalue weighted by molar-refractivity contribution is 0.112. The third-order valence-electron chi connectivity index (χ3n) is 4.56. The summed E-state index contributed by atoms with van der Waals surface area (Å²) in [6.45, 7) is 3.30. The van der Waals surface area contributed by atoms with E-state index >= 15 is 0 Å². The van der Waals surface area contributed by atoms with Gasteiger partial charge in [-0.25, -0.2) is 17.4 Å². The fourth-order valence-electron chi connectivity index (χ4n) is 3.13. The van der Waals surface area contributed by atoms with Gasteiger partial charge >= 0.3 is 0 Å². The van der Waals surface area contributed by atoms with Crippen LogP contribution in [0.3, 0.4) is 0 Å². The second-order valence-corrected chi connectivity index (χ2v) is 8.98. The first-order chi connectivity index (χ1) is 11.4. The third-order valence-corrected chi connectivity index (χ3v) is 6.63. The molecule has 1 aliphatic rings. The quantitative estimate of drug-likeness (QED) is 0.839. The van der Waals surface area contributed by atoms with Crippen molar-refractivity contribution in [2.45, 2.75) is 57.2 Å². The number of carbonyl (C=O) groups is 1. The molecule has 0 spiro atoms. The van der Waals surface area contributed by atoms with Crippen LogP contribution in [0.5, 0.6) is 0 Å². The van der Waals surface area contributed by atoms with Gasteiger partial charge in [0.25, 0.3) is 0 Å². The van der Waals surface area contributed by atoms with Gasteiger partial charge in [0, 0.05) is 11.6 Å². The number of carbonyl (C=O) groups excluding carboxylic acids is 1. The lowest BCUT2D eigenvalue weighted by Crippen LogP contribution is -2.28. The van der Waals surface area contributed by atoms with Crippen molar-refractivity contribution < 1.29 is 13.2 Å². The molecule has 130 valence electrons. The highest BCUT2D eigenvalue weighted by Crippen LogP contribution is 2.28. The average molecular weight is 349 g/mol. The highest BCUT2D eigenvalue weighted by Gasteiger charge is 2.27. The summed E-state index contributed by atoms with van der Waals surface area (Å²) in [6, 6.07) is 5.17. The molecular formula is C17H23N3O3S. The summed E-state index contributed by atoms with van der Waals surface area (Å²) in [6.07, 6.45) is 6.26. The van der Waals surface area contributed by atoms with Crippen molar-refractivity contribution >= 4 is 33.3 Å². The number of imidazole rings is 1. The van der Waals surface area contributed by atoms with Crippen molar-refractivity contribution in [1.29, 1.82) is 0 Å². The number of aromatic nitrogens is 2. The van der Waals surface area contributed by atoms with E-state index in [1.807, 2.05) is 0 Å². The lowest BCUT2D eigenvalue weighted by Gasteiger charge is -2.24. The van der Waals surface area contributed by atoms with Crippen LogP contribution in [0.2, 0.25) is 0 Å². The summed E-state index contributed by atoms with van der Waals surface area (Å²) in [7, 11) is -3.59. The lowest BCUT2D eigenvalue weighted by atomic mass is 9.96. The standard InChI is InChI=1S/C17H23N3O3S/c1-12(2)24(22,23)20-16-10-13(11-21)8-9-15(16)19-17(20)18-14-6-4-3-5-7-14/h8-12,14H,3-7H2,1-2H3,(H,18,19). The van der Waals surface area contributed by atoms with Crippen molar-refractivity contribution in [3.8, 4) is 0 Å². The second-order valence-electron chi connectivity index (χ2n) is 6.64. The van der Waals surface area contributed by atoms with Crippen molar-refractivity contribution in [3.63, 3.8) is 0 Å². The van der Waals surface area contributed by atoms with Crippen LogP contribution in [0.1, 0.15) is 56.3 Å². The summed E-state index contributed by atoms with van der Waals surface area (Å²) in [5.74, 6) is 0.355. The molecule has 1 heterocycles. The SMILES string of the molecule is CC(C)S(=O)(=O)n1c(NC2CCCCC2)nc2ccc(C=O)cc21. The van der Waals surface area contributed by atoms with Gasteiger partial charge in [0.05, 0.1) is 16.3 Å². The maximum atomic E-state index is 12.9. The molecule has 1 fully saturated rings. The van der Waals surface area contributed by atoms with E-state index in [-0.39, 0.29) is 6.04 Å². The number of benzene rings is 1. The molecule has 0 radical (unpaired) electrons. The van der Waals surface area contributed by atoms with Crippen LogP contribution in [0.4, 0.5) is 5.95 Å². The smallest absolute Gasteiger partial charge is 0.244 e. The van der Waals surface area contributed by atoms with Crippen LogP contribution in [0.25, 0.3) is 11.0 Å². The zero-order valence-corrected chi connectivity index (χ0v) is 14.8. The first-order valence-corrected chi connectivity index (χ1v) is 9.92. The van der Waals surface area contributed by atoms with E-state index in [0.717, 1.165) is 25.7 Å². The summed E-state index contributed by atoms with van der Waals surface area (Å²) in [5, 5.41) is 2.74. The largest absolute Gasteiger partial charge is 0.352 e. The Morgan fingerprint density at radius 1 is 1.25 bits per heavy atom. The Morgan fingerprint density at radius 2 is 1.96 bits per heavy atom. The fourth-order valence-corrected chi connectivity index (χ4v) is 4.31. The molecule has 6 nitrogen and oxygen atoms in total. The molecule has 3 rings (SSSR count). The molecule has 0 bridgehead atoms. The Hall–Kier alpha value is -1.89. The Morgan fingerprint density at radius 3 is 2.58 bits per heavy atom. The summed E-state index contributed by atoms with van der Waals surface area (Å²) < 4.78 is 27.0. The van der Waals surface area contributed by atoms with Crippen molar-refractivity contribution in [3.05, 3.63) is 23.8 Å². The maximum absolute atomic E-state index is 12.9. The normalized spacial score (nSPS) is 16.6. The van der Waals surface area contributed by atoms with Crippen LogP contribution in [-0.2, 0) is 10.0 Å². The number of nitrogens with zero attached hydrogens (tertiary/aromatic N) is 2. The van der Waals surface area contributed by atoms with Gasteiger partial charge < -0.3 is 5.32 Å². The molecule has 0 amide bonds. The Balaban J connectivity index is 2.14. The fraction of sp³-hybridized carbons (Fsp3) is 0.529. The number of anilines is 1. The number of rotatable bonds is 5. The average Bonchev–Trinajstić information content (AvgIpc) is 2.92. The molecular weight excluding hydrogens is 326 g/mol. The predicted molar refractivity (Wildman–Crippen MR) is 95.1 cm³/mol. The monoisotopic (exact) mass is 349 g/mol. The van der Waals surface area contributed by atoms with Crippen LogP contribution in [0.15, 0.2) is 18.2 Å². The van der Waals surface area contributed by atoms with Crippen molar-refractivity contribution in [2.75, 3.05) is 5.32 Å². The van der Waals surface area contributed by atoms with Crippen LogP contribution < -0.4 is 5.32 Å². The first kappa shape index (κ1) is 17.0. The minimum absolute atomic E-state index is 0.238. The highest BCUT2D eigenvalue weighted by atomic mass is 32.2. The number of hydrogen-bond acceptors (Lipinski definition) is 5. The van der Waals surface area contributed by atoms with Gasteiger partial charge in [0.1, 0.15) is 6.29 Å². The molecule has 24 heavy (non-hydrogen) atoms. The molecule has 1 aliphatic carbocycles. The van der Waals surface area contributed by atoms with E-state index in [1.54, 1.807) is 32.0 Å². The van der Waals surface area contributed by atoms with Gasteiger partial charge in [0.15, 0.2) is 0 Å². The van der Waals surface area contributed by atoms with E-state index < -0.39 is 15.3 Å². The van der Waals surface area contributed by atoms with E-state index in [0.29, 0.717) is 28.8 Å². The molecule has 1 aromatic carbocycles. The minimum atomic E-state index is -3.59. The Bertz CT molecular complexity index is 849. The van der Waals surface area contributed by atoms with Crippen LogP contribution in [-0.4, -0.2) is 35.0 Å². The van der Waals surface area contributed by atoms with Gasteiger partial charge in [-0.1, -0.05) is 19.3 Å². The topological polar surface area (TPSA) is 81.1 Å². The summed E-state index contributed by atoms with van der Waals surface area (Å²) in [5.41, 5.74) is 1.46. The molecule has 0 saturated heterocycles. The van der Waals surface area contributed by atoms with E-state index in [4.69, 9.17) is 0 Å². The van der Waals surface area contributed by atoms with Gasteiger partial charge in [-0.3, -0.25) is 4.79 Å². The van der Waals surface area contributed by atoms with Crippen molar-refractivity contribution in [1.82, 2.24) is 8.96 Å². The zero-order chi connectivity index (χ0) is 17.3. The number of nitrogens with one attached hydrogen (secondary N) is 1. The van der Waals surface area contributed by atoms with Gasteiger partial charge in [-0.2, -0.15) is 0 Å². The molecule has 0 atom stereocenters. The minimum Gasteiger partial charge on any atom is -0.352 e. The predicted octanol–water partition coefficient (Wildman–Crippen LogP) is 3.18. The molecule has 1 saturated carbocycles. The molecule has 2 aromatic rings. The maximum Gasteiger partial charge on any atom is 0.244 e. The van der Waals surface area contributed by atoms with Crippen LogP contribution in [0, 0.1) is 0 Å². The molecule has 7 heteroatoms. The number of hydrogen-bond donors (Lipinski definition) is 1. The number of aldehydes is 1. The van der Waals surface area contributed by atoms with Crippen molar-refractivity contribution in [2.24, 2.45) is 0 Å². The summed E-state index contributed by atoms with van der Waals surface area (Å²) >= 11 is 0. The first-order valence-electron chi connectivity index (χ1n) is 8.42. The van der Waals surface area contributed by atoms with Crippen LogP contribution >= 0.6 is 0 Å². The highest BCUT2D eigenvalue weighted by molar-refractivity contribution is 7.90. The number of fused-ring (bicyclic) bond motifs is 1. The van der Waals surface area contributed by atoms with E-state index in [1.165, 1.54) is 10.4 Å². The van der Waals surface area contributed by atoms with Gasteiger partial charge in [0.2, 0.25) is 16.0 Å². The summed E-state index contributed by atoms with van der Waals surface area (Å²) in [4.78, 5) is 15.6. The third kappa shape index (κ3) is 3.05.